The molecule has 1 aromatic carbocycles. The van der Waals surface area contributed by atoms with Crippen molar-refractivity contribution in [1.29, 1.82) is 0 Å². The Kier molecular flexibility index (Phi) is 5.28. The van der Waals surface area contributed by atoms with Crippen LogP contribution in [0.15, 0.2) is 42.9 Å². The number of nitrogen functional groups attached to an aromatic ring is 1. The number of hydrogen-bond donors (Lipinski definition) is 1. The summed E-state index contributed by atoms with van der Waals surface area (Å²) in [5.74, 6) is 1.15. The third kappa shape index (κ3) is 3.86. The average Bonchev–Trinajstić information content (AvgIpc) is 3.44. The van der Waals surface area contributed by atoms with Crippen LogP contribution in [-0.2, 0) is 4.74 Å². The van der Waals surface area contributed by atoms with E-state index in [0.29, 0.717) is 16.9 Å². The number of ether oxygens (including phenoxy) is 1. The van der Waals surface area contributed by atoms with Gasteiger partial charge in [0.1, 0.15) is 24.0 Å². The van der Waals surface area contributed by atoms with Crippen molar-refractivity contribution >= 4 is 39.4 Å². The maximum atomic E-state index is 6.18. The van der Waals surface area contributed by atoms with Crippen LogP contribution in [0.5, 0.6) is 0 Å². The number of anilines is 1. The first-order valence-electron chi connectivity index (χ1n) is 10.8. The van der Waals surface area contributed by atoms with Gasteiger partial charge in [0, 0.05) is 17.0 Å². The molecule has 2 aliphatic rings. The second kappa shape index (κ2) is 8.09. The molecule has 0 spiro atoms. The smallest absolute Gasteiger partial charge is 0.145 e. The Morgan fingerprint density at radius 2 is 2.00 bits per heavy atom. The molecule has 0 radical (unpaired) electrons. The normalized spacial score (nSPS) is 22.5. The quantitative estimate of drug-likeness (QED) is 0.420. The van der Waals surface area contributed by atoms with E-state index < -0.39 is 0 Å². The maximum Gasteiger partial charge on any atom is 0.145 e. The van der Waals surface area contributed by atoms with Crippen LogP contribution < -0.4 is 5.73 Å². The Balaban J connectivity index is 0.000000140. The molecular formula is C24H26ClN5O. The zero-order valence-corrected chi connectivity index (χ0v) is 18.5. The monoisotopic (exact) mass is 435 g/mol. The van der Waals surface area contributed by atoms with Crippen molar-refractivity contribution < 1.29 is 4.74 Å². The molecule has 1 aliphatic heterocycles. The molecule has 2 fully saturated rings. The van der Waals surface area contributed by atoms with Crippen LogP contribution in [0.2, 0.25) is 5.02 Å². The molecule has 31 heavy (non-hydrogen) atoms. The fraction of sp³-hybridized carbons (Fsp3) is 0.375. The third-order valence-corrected chi connectivity index (χ3v) is 6.70. The summed E-state index contributed by atoms with van der Waals surface area (Å²) in [6.45, 7) is 4.05. The van der Waals surface area contributed by atoms with Gasteiger partial charge in [0.15, 0.2) is 0 Å². The summed E-state index contributed by atoms with van der Waals surface area (Å²) in [6, 6.07) is 9.93. The molecular weight excluding hydrogens is 410 g/mol. The molecule has 1 aliphatic carbocycles. The average molecular weight is 436 g/mol. The molecule has 6 nitrogen and oxygen atoms in total. The minimum atomic E-state index is 0.173. The molecule has 2 N–H and O–H groups in total. The summed E-state index contributed by atoms with van der Waals surface area (Å²) in [6.07, 6.45) is 9.42. The lowest BCUT2D eigenvalue weighted by molar-refractivity contribution is 0.00201. The van der Waals surface area contributed by atoms with Gasteiger partial charge in [-0.25, -0.2) is 15.0 Å². The Morgan fingerprint density at radius 1 is 1.13 bits per heavy atom. The largest absolute Gasteiger partial charge is 0.382 e. The first kappa shape index (κ1) is 20.2. The van der Waals surface area contributed by atoms with Gasteiger partial charge >= 0.3 is 0 Å². The van der Waals surface area contributed by atoms with Crippen molar-refractivity contribution in [3.8, 4) is 0 Å². The lowest BCUT2D eigenvalue weighted by atomic mass is 10.0. The van der Waals surface area contributed by atoms with E-state index in [9.17, 15) is 0 Å². The van der Waals surface area contributed by atoms with Crippen LogP contribution in [0.4, 0.5) is 5.82 Å². The van der Waals surface area contributed by atoms with E-state index in [2.05, 4.69) is 31.8 Å². The zero-order chi connectivity index (χ0) is 21.5. The summed E-state index contributed by atoms with van der Waals surface area (Å²) in [7, 11) is 0. The number of aromatic nitrogens is 4. The van der Waals surface area contributed by atoms with Gasteiger partial charge in [-0.15, -0.1) is 0 Å². The first-order chi connectivity index (χ1) is 15.0. The number of halogens is 1. The number of pyridine rings is 1. The molecule has 1 saturated carbocycles. The van der Waals surface area contributed by atoms with Crippen molar-refractivity contribution in [1.82, 2.24) is 19.5 Å². The predicted molar refractivity (Wildman–Crippen MR) is 124 cm³/mol. The van der Waals surface area contributed by atoms with Gasteiger partial charge in [-0.1, -0.05) is 30.2 Å². The molecule has 4 heterocycles. The fourth-order valence-electron chi connectivity index (χ4n) is 4.74. The second-order valence-corrected chi connectivity index (χ2v) is 8.93. The van der Waals surface area contributed by atoms with Crippen LogP contribution in [0, 0.1) is 19.8 Å². The Hall–Kier alpha value is -2.70. The molecule has 7 heteroatoms. The van der Waals surface area contributed by atoms with Crippen molar-refractivity contribution in [3.63, 3.8) is 0 Å². The summed E-state index contributed by atoms with van der Waals surface area (Å²) < 4.78 is 8.36. The molecule has 6 rings (SSSR count). The number of hydrogen-bond acceptors (Lipinski definition) is 5. The van der Waals surface area contributed by atoms with Crippen molar-refractivity contribution in [2.75, 3.05) is 5.73 Å². The first-order valence-corrected chi connectivity index (χ1v) is 11.1. The molecule has 0 bridgehead atoms. The highest BCUT2D eigenvalue weighted by Crippen LogP contribution is 2.43. The minimum Gasteiger partial charge on any atom is -0.382 e. The van der Waals surface area contributed by atoms with Crippen LogP contribution in [0.25, 0.3) is 21.9 Å². The standard InChI is InChI=1S/C14H17N3O.C10H9ClN2/c1-9-11-5-6-17(14(11)16-8-15-9)13-7-10-3-2-4-12(10)18-13;1-6-2-3-7-5-8(11)10(12)13-9(7)4-6/h5-6,8,10,12-13H,2-4,7H2,1H3;2-5H,1H3,(H2,12,13). The van der Waals surface area contributed by atoms with Crippen LogP contribution in [0.3, 0.4) is 0 Å². The van der Waals surface area contributed by atoms with Gasteiger partial charge in [0.05, 0.1) is 22.3 Å². The van der Waals surface area contributed by atoms with E-state index >= 15 is 0 Å². The van der Waals surface area contributed by atoms with E-state index in [-0.39, 0.29) is 6.23 Å². The molecule has 3 atom stereocenters. The highest BCUT2D eigenvalue weighted by molar-refractivity contribution is 6.33. The SMILES string of the molecule is Cc1ccc2cc(Cl)c(N)nc2c1.Cc1ncnc2c1ccn2C1CC2CCCC2O1. The van der Waals surface area contributed by atoms with Crippen molar-refractivity contribution in [2.24, 2.45) is 5.92 Å². The van der Waals surface area contributed by atoms with E-state index in [0.717, 1.165) is 40.0 Å². The summed E-state index contributed by atoms with van der Waals surface area (Å²) in [5, 5.41) is 2.67. The topological polar surface area (TPSA) is 78.9 Å². The number of aryl methyl sites for hydroxylation is 2. The predicted octanol–water partition coefficient (Wildman–Crippen LogP) is 5.61. The van der Waals surface area contributed by atoms with Crippen LogP contribution in [-0.4, -0.2) is 25.6 Å². The Bertz CT molecular complexity index is 1240. The van der Waals surface area contributed by atoms with Gasteiger partial charge < -0.3 is 15.0 Å². The molecule has 3 aromatic heterocycles. The van der Waals surface area contributed by atoms with Gasteiger partial charge in [-0.2, -0.15) is 0 Å². The van der Waals surface area contributed by atoms with Crippen molar-refractivity contribution in [2.45, 2.75) is 51.9 Å². The third-order valence-electron chi connectivity index (χ3n) is 6.40. The number of nitrogens with zero attached hydrogens (tertiary/aromatic N) is 4. The Morgan fingerprint density at radius 3 is 2.84 bits per heavy atom. The second-order valence-electron chi connectivity index (χ2n) is 8.53. The van der Waals surface area contributed by atoms with E-state index in [1.54, 1.807) is 6.33 Å². The van der Waals surface area contributed by atoms with Crippen molar-refractivity contribution in [3.05, 3.63) is 59.1 Å². The lowest BCUT2D eigenvalue weighted by Gasteiger charge is -2.15. The fourth-order valence-corrected chi connectivity index (χ4v) is 4.90. The van der Waals surface area contributed by atoms with E-state index in [1.165, 1.54) is 24.8 Å². The minimum absolute atomic E-state index is 0.173. The number of benzene rings is 1. The highest BCUT2D eigenvalue weighted by atomic mass is 35.5. The van der Waals surface area contributed by atoms with E-state index in [1.807, 2.05) is 38.1 Å². The molecule has 3 unspecified atom stereocenters. The van der Waals surface area contributed by atoms with Crippen LogP contribution in [0.1, 0.15) is 43.2 Å². The van der Waals surface area contributed by atoms with E-state index in [4.69, 9.17) is 22.1 Å². The van der Waals surface area contributed by atoms with Gasteiger partial charge in [-0.05, 0) is 62.8 Å². The lowest BCUT2D eigenvalue weighted by Crippen LogP contribution is -2.10. The molecule has 160 valence electrons. The molecule has 1 saturated heterocycles. The summed E-state index contributed by atoms with van der Waals surface area (Å²) in [5.41, 5.74) is 9.70. The number of rotatable bonds is 1. The Labute approximate surface area is 186 Å². The van der Waals surface area contributed by atoms with Gasteiger partial charge in [-0.3, -0.25) is 0 Å². The highest BCUT2D eigenvalue weighted by Gasteiger charge is 2.39. The van der Waals surface area contributed by atoms with Gasteiger partial charge in [0.25, 0.3) is 0 Å². The molecule has 4 aromatic rings. The summed E-state index contributed by atoms with van der Waals surface area (Å²) >= 11 is 5.84. The van der Waals surface area contributed by atoms with Gasteiger partial charge in [0.2, 0.25) is 0 Å². The molecule has 0 amide bonds. The summed E-state index contributed by atoms with van der Waals surface area (Å²) in [4.78, 5) is 12.8. The maximum absolute atomic E-state index is 6.18. The van der Waals surface area contributed by atoms with Crippen LogP contribution >= 0.6 is 11.6 Å². The zero-order valence-electron chi connectivity index (χ0n) is 17.8. The number of fused-ring (bicyclic) bond motifs is 3. The number of nitrogens with two attached hydrogens (primary N) is 1.